The van der Waals surface area contributed by atoms with Crippen molar-refractivity contribution in [2.45, 2.75) is 24.4 Å². The molecular weight excluding hydrogens is 303 g/mol. The maximum Gasteiger partial charge on any atom is 0.416 e. The van der Waals surface area contributed by atoms with Gasteiger partial charge in [0.05, 0.1) is 5.56 Å². The van der Waals surface area contributed by atoms with Crippen LogP contribution >= 0.6 is 23.5 Å². The monoisotopic (exact) mass is 321 g/mol. The highest BCUT2D eigenvalue weighted by Gasteiger charge is 2.32. The zero-order valence-electron chi connectivity index (χ0n) is 11.2. The Morgan fingerprint density at radius 1 is 1.35 bits per heavy atom. The molecule has 20 heavy (non-hydrogen) atoms. The number of benzene rings is 1. The van der Waals surface area contributed by atoms with Crippen molar-refractivity contribution in [3.05, 3.63) is 35.4 Å². The van der Waals surface area contributed by atoms with Crippen molar-refractivity contribution >= 4 is 23.5 Å². The predicted octanol–water partition coefficient (Wildman–Crippen LogP) is 4.20. The van der Waals surface area contributed by atoms with E-state index in [0.717, 1.165) is 35.4 Å². The van der Waals surface area contributed by atoms with E-state index in [4.69, 9.17) is 0 Å². The SMILES string of the molecule is CCNC(c1cccc(C(F)(F)F)c1)C1CSCCS1. The Morgan fingerprint density at radius 2 is 2.15 bits per heavy atom. The first-order valence-electron chi connectivity index (χ1n) is 6.62. The average molecular weight is 321 g/mol. The second-order valence-corrected chi connectivity index (χ2v) is 7.14. The fourth-order valence-corrected chi connectivity index (χ4v) is 5.16. The van der Waals surface area contributed by atoms with Crippen LogP contribution in [-0.4, -0.2) is 29.1 Å². The summed E-state index contributed by atoms with van der Waals surface area (Å²) in [7, 11) is 0. The number of rotatable bonds is 4. The molecule has 1 aliphatic heterocycles. The first-order chi connectivity index (χ1) is 9.52. The van der Waals surface area contributed by atoms with Gasteiger partial charge in [-0.1, -0.05) is 19.1 Å². The first kappa shape index (κ1) is 16.0. The molecule has 1 heterocycles. The third kappa shape index (κ3) is 4.09. The highest BCUT2D eigenvalue weighted by atomic mass is 32.2. The third-order valence-corrected chi connectivity index (χ3v) is 6.07. The van der Waals surface area contributed by atoms with E-state index in [1.54, 1.807) is 6.07 Å². The molecule has 2 unspecified atom stereocenters. The lowest BCUT2D eigenvalue weighted by molar-refractivity contribution is -0.137. The van der Waals surface area contributed by atoms with Crippen LogP contribution in [0.15, 0.2) is 24.3 Å². The van der Waals surface area contributed by atoms with Gasteiger partial charge in [-0.3, -0.25) is 0 Å². The van der Waals surface area contributed by atoms with E-state index in [1.807, 2.05) is 30.4 Å². The van der Waals surface area contributed by atoms with Gasteiger partial charge in [0.1, 0.15) is 0 Å². The van der Waals surface area contributed by atoms with E-state index >= 15 is 0 Å². The van der Waals surface area contributed by atoms with Crippen molar-refractivity contribution in [1.29, 1.82) is 0 Å². The lowest BCUT2D eigenvalue weighted by Gasteiger charge is -2.30. The van der Waals surface area contributed by atoms with Crippen molar-refractivity contribution in [1.82, 2.24) is 5.32 Å². The summed E-state index contributed by atoms with van der Waals surface area (Å²) in [5.41, 5.74) is 0.174. The molecule has 1 aromatic rings. The average Bonchev–Trinajstić information content (AvgIpc) is 2.45. The number of hydrogen-bond acceptors (Lipinski definition) is 3. The van der Waals surface area contributed by atoms with Gasteiger partial charge in [-0.25, -0.2) is 0 Å². The van der Waals surface area contributed by atoms with Crippen molar-refractivity contribution in [2.75, 3.05) is 23.8 Å². The van der Waals surface area contributed by atoms with Crippen molar-refractivity contribution < 1.29 is 13.2 Å². The molecule has 6 heteroatoms. The van der Waals surface area contributed by atoms with Crippen LogP contribution in [0.1, 0.15) is 24.1 Å². The van der Waals surface area contributed by atoms with E-state index in [1.165, 1.54) is 12.1 Å². The highest BCUT2D eigenvalue weighted by Crippen LogP contribution is 2.36. The molecule has 2 rings (SSSR count). The van der Waals surface area contributed by atoms with Crippen LogP contribution in [0.3, 0.4) is 0 Å². The van der Waals surface area contributed by atoms with Crippen LogP contribution in [0.4, 0.5) is 13.2 Å². The second kappa shape index (κ2) is 7.09. The van der Waals surface area contributed by atoms with E-state index in [-0.39, 0.29) is 6.04 Å². The van der Waals surface area contributed by atoms with Crippen LogP contribution in [0.2, 0.25) is 0 Å². The molecule has 112 valence electrons. The Hall–Kier alpha value is -0.330. The first-order valence-corrected chi connectivity index (χ1v) is 8.82. The summed E-state index contributed by atoms with van der Waals surface area (Å²) in [4.78, 5) is 0. The highest BCUT2D eigenvalue weighted by molar-refractivity contribution is 8.06. The lowest BCUT2D eigenvalue weighted by atomic mass is 10.0. The Labute approximate surface area is 126 Å². The number of hydrogen-bond donors (Lipinski definition) is 1. The van der Waals surface area contributed by atoms with E-state index in [2.05, 4.69) is 5.32 Å². The van der Waals surface area contributed by atoms with Crippen LogP contribution in [0, 0.1) is 0 Å². The van der Waals surface area contributed by atoms with Crippen LogP contribution < -0.4 is 5.32 Å². The Bertz CT molecular complexity index is 431. The molecular formula is C14H18F3NS2. The molecule has 1 aromatic carbocycles. The van der Waals surface area contributed by atoms with E-state index < -0.39 is 11.7 Å². The van der Waals surface area contributed by atoms with Gasteiger partial charge in [0.2, 0.25) is 0 Å². The summed E-state index contributed by atoms with van der Waals surface area (Å²) in [6.07, 6.45) is -4.28. The van der Waals surface area contributed by atoms with Gasteiger partial charge in [0.15, 0.2) is 0 Å². The molecule has 1 fully saturated rings. The number of nitrogens with one attached hydrogen (secondary N) is 1. The van der Waals surface area contributed by atoms with Gasteiger partial charge < -0.3 is 5.32 Å². The topological polar surface area (TPSA) is 12.0 Å². The summed E-state index contributed by atoms with van der Waals surface area (Å²) < 4.78 is 38.5. The molecule has 2 atom stereocenters. The van der Waals surface area contributed by atoms with Gasteiger partial charge in [-0.2, -0.15) is 36.7 Å². The lowest BCUT2D eigenvalue weighted by Crippen LogP contribution is -2.33. The molecule has 0 saturated carbocycles. The van der Waals surface area contributed by atoms with E-state index in [0.29, 0.717) is 5.25 Å². The van der Waals surface area contributed by atoms with Crippen molar-refractivity contribution in [2.24, 2.45) is 0 Å². The Kier molecular flexibility index (Phi) is 5.69. The van der Waals surface area contributed by atoms with Gasteiger partial charge >= 0.3 is 6.18 Å². The molecule has 1 N–H and O–H groups in total. The molecule has 0 radical (unpaired) electrons. The zero-order valence-corrected chi connectivity index (χ0v) is 12.9. The van der Waals surface area contributed by atoms with Gasteiger partial charge in [-0.05, 0) is 24.2 Å². The summed E-state index contributed by atoms with van der Waals surface area (Å²) in [5, 5.41) is 3.68. The fourth-order valence-electron chi connectivity index (χ4n) is 2.29. The number of alkyl halides is 3. The van der Waals surface area contributed by atoms with E-state index in [9.17, 15) is 13.2 Å². The largest absolute Gasteiger partial charge is 0.416 e. The summed E-state index contributed by atoms with van der Waals surface area (Å²) in [6.45, 7) is 2.74. The molecule has 0 amide bonds. The minimum absolute atomic E-state index is 0.0138. The number of thioether (sulfide) groups is 2. The molecule has 1 saturated heterocycles. The van der Waals surface area contributed by atoms with Gasteiger partial charge in [0.25, 0.3) is 0 Å². The second-order valence-electron chi connectivity index (χ2n) is 4.64. The minimum Gasteiger partial charge on any atom is -0.309 e. The molecule has 0 aromatic heterocycles. The predicted molar refractivity (Wildman–Crippen MR) is 81.4 cm³/mol. The Balaban J connectivity index is 2.24. The van der Waals surface area contributed by atoms with Crippen molar-refractivity contribution in [3.63, 3.8) is 0 Å². The van der Waals surface area contributed by atoms with Gasteiger partial charge in [0, 0.05) is 28.6 Å². The van der Waals surface area contributed by atoms with Gasteiger partial charge in [-0.15, -0.1) is 0 Å². The summed E-state index contributed by atoms with van der Waals surface area (Å²) in [6, 6.07) is 5.70. The fraction of sp³-hybridized carbons (Fsp3) is 0.571. The third-order valence-electron chi connectivity index (χ3n) is 3.21. The van der Waals surface area contributed by atoms with Crippen LogP contribution in [0.5, 0.6) is 0 Å². The summed E-state index contributed by atoms with van der Waals surface area (Å²) in [5.74, 6) is 3.18. The molecule has 1 nitrogen and oxygen atoms in total. The maximum absolute atomic E-state index is 12.8. The zero-order chi connectivity index (χ0) is 14.6. The summed E-state index contributed by atoms with van der Waals surface area (Å²) >= 11 is 3.73. The maximum atomic E-state index is 12.8. The standard InChI is InChI=1S/C14H18F3NS2/c1-2-18-13(12-9-19-6-7-20-12)10-4-3-5-11(8-10)14(15,16)17/h3-5,8,12-13,18H,2,6-7,9H2,1H3. The normalized spacial score (nSPS) is 21.7. The molecule has 1 aliphatic rings. The van der Waals surface area contributed by atoms with Crippen LogP contribution in [-0.2, 0) is 6.18 Å². The number of halogens is 3. The minimum atomic E-state index is -4.28. The molecule has 0 aliphatic carbocycles. The molecule has 0 bridgehead atoms. The smallest absolute Gasteiger partial charge is 0.309 e. The molecule has 0 spiro atoms. The quantitative estimate of drug-likeness (QED) is 0.892. The van der Waals surface area contributed by atoms with Crippen LogP contribution in [0.25, 0.3) is 0 Å². The van der Waals surface area contributed by atoms with Crippen molar-refractivity contribution in [3.8, 4) is 0 Å². The Morgan fingerprint density at radius 3 is 2.75 bits per heavy atom.